The zero-order chi connectivity index (χ0) is 10.3. The average Bonchev–Trinajstić information content (AvgIpc) is 2.09. The highest BCUT2D eigenvalue weighted by Gasteiger charge is 2.37. The molecule has 1 aliphatic rings. The molecule has 14 heavy (non-hydrogen) atoms. The van der Waals surface area contributed by atoms with E-state index >= 15 is 0 Å². The fourth-order valence-corrected chi connectivity index (χ4v) is 1.73. The lowest BCUT2D eigenvalue weighted by molar-refractivity contribution is -0.0392. The molecule has 1 nitrogen and oxygen atoms in total. The molecule has 0 heterocycles. The summed E-state index contributed by atoms with van der Waals surface area (Å²) in [6.45, 7) is 0. The van der Waals surface area contributed by atoms with E-state index in [4.69, 9.17) is 11.6 Å². The normalized spacial score (nSPS) is 19.1. The second-order valence-corrected chi connectivity index (χ2v) is 4.02. The molecule has 0 saturated heterocycles. The molecule has 1 aromatic rings. The first kappa shape index (κ1) is 9.87. The van der Waals surface area contributed by atoms with Crippen LogP contribution in [0.15, 0.2) is 12.1 Å². The maximum atomic E-state index is 13.0. The molecule has 0 amide bonds. The Bertz CT molecular complexity index is 351. The standard InChI is InChI=1S/C10H9ClF2O/c11-9-7(12)4-6(5-8(9)13)10(14)2-1-3-10/h4-5,14H,1-3H2. The first-order valence-electron chi connectivity index (χ1n) is 4.40. The molecule has 0 radical (unpaired) electrons. The molecule has 2 rings (SSSR count). The van der Waals surface area contributed by atoms with Crippen LogP contribution in [0, 0.1) is 11.6 Å². The van der Waals surface area contributed by atoms with Gasteiger partial charge in [-0.1, -0.05) is 11.6 Å². The van der Waals surface area contributed by atoms with Crippen molar-refractivity contribution in [3.8, 4) is 0 Å². The Labute approximate surface area is 85.3 Å². The third-order valence-electron chi connectivity index (χ3n) is 2.70. The van der Waals surface area contributed by atoms with Gasteiger partial charge in [0.25, 0.3) is 0 Å². The molecule has 1 aromatic carbocycles. The Morgan fingerprint density at radius 3 is 2.07 bits per heavy atom. The number of aliphatic hydroxyl groups is 1. The molecular formula is C10H9ClF2O. The summed E-state index contributed by atoms with van der Waals surface area (Å²) in [6.07, 6.45) is 1.98. The van der Waals surface area contributed by atoms with Gasteiger partial charge in [-0.15, -0.1) is 0 Å². The Hall–Kier alpha value is -0.670. The molecule has 76 valence electrons. The molecule has 1 saturated carbocycles. The van der Waals surface area contributed by atoms with E-state index in [9.17, 15) is 13.9 Å². The Balaban J connectivity index is 2.45. The molecule has 0 spiro atoms. The second-order valence-electron chi connectivity index (χ2n) is 3.64. The molecule has 0 bridgehead atoms. The second kappa shape index (κ2) is 3.17. The minimum absolute atomic E-state index is 0.281. The summed E-state index contributed by atoms with van der Waals surface area (Å²) in [5.74, 6) is -1.64. The van der Waals surface area contributed by atoms with Gasteiger partial charge in [0.1, 0.15) is 16.7 Å². The van der Waals surface area contributed by atoms with Crippen molar-refractivity contribution in [2.24, 2.45) is 0 Å². The summed E-state index contributed by atoms with van der Waals surface area (Å²) in [4.78, 5) is 0. The maximum Gasteiger partial charge on any atom is 0.145 e. The summed E-state index contributed by atoms with van der Waals surface area (Å²) < 4.78 is 26.1. The highest BCUT2D eigenvalue weighted by atomic mass is 35.5. The molecule has 0 unspecified atom stereocenters. The molecule has 4 heteroatoms. The highest BCUT2D eigenvalue weighted by molar-refractivity contribution is 6.30. The van der Waals surface area contributed by atoms with Crippen LogP contribution in [0.25, 0.3) is 0 Å². The van der Waals surface area contributed by atoms with Crippen LogP contribution in [0.2, 0.25) is 5.02 Å². The van der Waals surface area contributed by atoms with E-state index in [1.165, 1.54) is 0 Å². The van der Waals surface area contributed by atoms with Gasteiger partial charge in [-0.2, -0.15) is 0 Å². The lowest BCUT2D eigenvalue weighted by Gasteiger charge is -2.37. The van der Waals surface area contributed by atoms with Crippen LogP contribution < -0.4 is 0 Å². The summed E-state index contributed by atoms with van der Waals surface area (Å²) >= 11 is 5.33. The van der Waals surface area contributed by atoms with Gasteiger partial charge in [0.05, 0.1) is 5.60 Å². The van der Waals surface area contributed by atoms with Crippen molar-refractivity contribution < 1.29 is 13.9 Å². The van der Waals surface area contributed by atoms with Crippen molar-refractivity contribution in [2.45, 2.75) is 24.9 Å². The van der Waals surface area contributed by atoms with Gasteiger partial charge < -0.3 is 5.11 Å². The quantitative estimate of drug-likeness (QED) is 0.719. The van der Waals surface area contributed by atoms with Gasteiger partial charge in [-0.25, -0.2) is 8.78 Å². The van der Waals surface area contributed by atoms with E-state index < -0.39 is 22.3 Å². The predicted molar refractivity (Wildman–Crippen MR) is 49.1 cm³/mol. The Kier molecular flexibility index (Phi) is 2.24. The van der Waals surface area contributed by atoms with Crippen molar-refractivity contribution in [3.05, 3.63) is 34.4 Å². The third-order valence-corrected chi connectivity index (χ3v) is 3.06. The zero-order valence-corrected chi connectivity index (χ0v) is 8.11. The van der Waals surface area contributed by atoms with Crippen molar-refractivity contribution in [1.29, 1.82) is 0 Å². The average molecular weight is 219 g/mol. The fourth-order valence-electron chi connectivity index (χ4n) is 1.62. The highest BCUT2D eigenvalue weighted by Crippen LogP contribution is 2.42. The summed E-state index contributed by atoms with van der Waals surface area (Å²) in [5.41, 5.74) is -0.769. The third kappa shape index (κ3) is 1.41. The SMILES string of the molecule is OC1(c2cc(F)c(Cl)c(F)c2)CCC1. The first-order valence-corrected chi connectivity index (χ1v) is 4.78. The topological polar surface area (TPSA) is 20.2 Å². The minimum Gasteiger partial charge on any atom is -0.385 e. The van der Waals surface area contributed by atoms with Crippen LogP contribution in [-0.2, 0) is 5.60 Å². The predicted octanol–water partition coefficient (Wildman–Crippen LogP) is 2.99. The Morgan fingerprint density at radius 1 is 1.21 bits per heavy atom. The Morgan fingerprint density at radius 2 is 1.71 bits per heavy atom. The van der Waals surface area contributed by atoms with Gasteiger partial charge in [-0.05, 0) is 37.0 Å². The summed E-state index contributed by atoms with van der Waals surface area (Å²) in [6, 6.07) is 2.20. The van der Waals surface area contributed by atoms with Gasteiger partial charge in [0.2, 0.25) is 0 Å². The van der Waals surface area contributed by atoms with Crippen LogP contribution in [0.5, 0.6) is 0 Å². The van der Waals surface area contributed by atoms with Gasteiger partial charge in [-0.3, -0.25) is 0 Å². The number of hydrogen-bond acceptors (Lipinski definition) is 1. The maximum absolute atomic E-state index is 13.0. The van der Waals surface area contributed by atoms with Crippen molar-refractivity contribution >= 4 is 11.6 Å². The lowest BCUT2D eigenvalue weighted by Crippen LogP contribution is -2.33. The summed E-state index contributed by atoms with van der Waals surface area (Å²) in [7, 11) is 0. The van der Waals surface area contributed by atoms with Gasteiger partial charge in [0, 0.05) is 0 Å². The molecule has 0 aliphatic heterocycles. The number of benzene rings is 1. The fraction of sp³-hybridized carbons (Fsp3) is 0.400. The number of rotatable bonds is 1. The monoisotopic (exact) mass is 218 g/mol. The van der Waals surface area contributed by atoms with E-state index in [0.717, 1.165) is 18.6 Å². The van der Waals surface area contributed by atoms with Crippen LogP contribution in [0.3, 0.4) is 0 Å². The number of halogens is 3. The van der Waals surface area contributed by atoms with Crippen LogP contribution in [0.4, 0.5) is 8.78 Å². The van der Waals surface area contributed by atoms with Crippen LogP contribution >= 0.6 is 11.6 Å². The van der Waals surface area contributed by atoms with E-state index in [0.29, 0.717) is 12.8 Å². The molecule has 0 aromatic heterocycles. The van der Waals surface area contributed by atoms with E-state index in [1.807, 2.05) is 0 Å². The number of hydrogen-bond donors (Lipinski definition) is 1. The molecule has 1 aliphatic carbocycles. The molecular weight excluding hydrogens is 210 g/mol. The van der Waals surface area contributed by atoms with Crippen molar-refractivity contribution in [1.82, 2.24) is 0 Å². The van der Waals surface area contributed by atoms with Crippen LogP contribution in [-0.4, -0.2) is 5.11 Å². The molecule has 0 atom stereocenters. The van der Waals surface area contributed by atoms with Gasteiger partial charge >= 0.3 is 0 Å². The van der Waals surface area contributed by atoms with Crippen molar-refractivity contribution in [3.63, 3.8) is 0 Å². The van der Waals surface area contributed by atoms with Gasteiger partial charge in [0.15, 0.2) is 0 Å². The minimum atomic E-state index is -1.05. The molecule has 1 fully saturated rings. The van der Waals surface area contributed by atoms with E-state index in [1.54, 1.807) is 0 Å². The van der Waals surface area contributed by atoms with Crippen LogP contribution in [0.1, 0.15) is 24.8 Å². The smallest absolute Gasteiger partial charge is 0.145 e. The van der Waals surface area contributed by atoms with Crippen molar-refractivity contribution in [2.75, 3.05) is 0 Å². The lowest BCUT2D eigenvalue weighted by atomic mass is 9.75. The molecule has 1 N–H and O–H groups in total. The van der Waals surface area contributed by atoms with E-state index in [-0.39, 0.29) is 5.56 Å². The van der Waals surface area contributed by atoms with E-state index in [2.05, 4.69) is 0 Å². The largest absolute Gasteiger partial charge is 0.385 e. The zero-order valence-electron chi connectivity index (χ0n) is 7.36. The summed E-state index contributed by atoms with van der Waals surface area (Å²) in [5, 5.41) is 9.33. The first-order chi connectivity index (χ1) is 6.53.